The summed E-state index contributed by atoms with van der Waals surface area (Å²) in [5.41, 5.74) is 2.42. The fourth-order valence-corrected chi connectivity index (χ4v) is 2.60. The van der Waals surface area contributed by atoms with Crippen molar-refractivity contribution in [1.82, 2.24) is 0 Å². The molecule has 110 valence electrons. The molecule has 0 aliphatic heterocycles. The maximum Gasteiger partial charge on any atom is 0.335 e. The second-order valence-electron chi connectivity index (χ2n) is 5.35. The number of rotatable bonds is 8. The summed E-state index contributed by atoms with van der Waals surface area (Å²) in [5.74, 6) is -0.449. The predicted molar refractivity (Wildman–Crippen MR) is 84.9 cm³/mol. The second-order valence-corrected chi connectivity index (χ2v) is 5.35. The molecule has 0 spiro atoms. The first-order valence-electron chi connectivity index (χ1n) is 7.60. The summed E-state index contributed by atoms with van der Waals surface area (Å²) >= 11 is 0. The smallest absolute Gasteiger partial charge is 0.335 e. The molecule has 0 aliphatic carbocycles. The first-order valence-corrected chi connectivity index (χ1v) is 7.60. The lowest BCUT2D eigenvalue weighted by Gasteiger charge is -2.17. The summed E-state index contributed by atoms with van der Waals surface area (Å²) in [4.78, 5) is 11.3. The molecule has 0 fully saturated rings. The third-order valence-corrected chi connectivity index (χ3v) is 3.79. The molecule has 0 aromatic heterocycles. The number of carbonyl (C=O) groups is 1. The van der Waals surface area contributed by atoms with Gasteiger partial charge in [-0.3, -0.25) is 0 Å². The molecule has 0 saturated carbocycles. The number of aliphatic carboxylic acids is 1. The molecule has 0 bridgehead atoms. The van der Waals surface area contributed by atoms with Gasteiger partial charge in [0, 0.05) is 0 Å². The number of hydrogen-bond donors (Lipinski definition) is 1. The summed E-state index contributed by atoms with van der Waals surface area (Å²) in [7, 11) is 0. The third kappa shape index (κ3) is 4.52. The van der Waals surface area contributed by atoms with Gasteiger partial charge in [0.2, 0.25) is 0 Å². The topological polar surface area (TPSA) is 37.3 Å². The van der Waals surface area contributed by atoms with Crippen molar-refractivity contribution in [3.63, 3.8) is 0 Å². The number of carboxylic acid groups (broad SMARTS) is 1. The lowest BCUT2D eigenvalue weighted by atomic mass is 9.88. The minimum absolute atomic E-state index is 0.400. The number of hydrogen-bond acceptors (Lipinski definition) is 1. The Morgan fingerprint density at radius 3 is 2.55 bits per heavy atom. The van der Waals surface area contributed by atoms with Gasteiger partial charge in [0.1, 0.15) is 0 Å². The van der Waals surface area contributed by atoms with Crippen LogP contribution in [0.25, 0.3) is 5.57 Å². The van der Waals surface area contributed by atoms with Crippen LogP contribution in [0.1, 0.15) is 69.9 Å². The van der Waals surface area contributed by atoms with Crippen LogP contribution in [0.3, 0.4) is 0 Å². The van der Waals surface area contributed by atoms with Crippen LogP contribution in [0.5, 0.6) is 0 Å². The molecule has 0 radical (unpaired) electrons. The van der Waals surface area contributed by atoms with E-state index in [2.05, 4.69) is 19.9 Å². The highest BCUT2D eigenvalue weighted by Gasteiger charge is 2.16. The molecular weight excluding hydrogens is 248 g/mol. The normalized spacial score (nSPS) is 13.2. The number of carboxylic acids is 1. The molecule has 1 rings (SSSR count). The highest BCUT2D eigenvalue weighted by Crippen LogP contribution is 2.29. The van der Waals surface area contributed by atoms with Crippen LogP contribution in [-0.2, 0) is 4.79 Å². The van der Waals surface area contributed by atoms with Crippen molar-refractivity contribution in [3.05, 3.63) is 41.5 Å². The van der Waals surface area contributed by atoms with Crippen molar-refractivity contribution in [1.29, 1.82) is 0 Å². The van der Waals surface area contributed by atoms with E-state index in [1.54, 1.807) is 13.0 Å². The van der Waals surface area contributed by atoms with Gasteiger partial charge in [-0.25, -0.2) is 4.79 Å². The zero-order chi connectivity index (χ0) is 15.0. The highest BCUT2D eigenvalue weighted by atomic mass is 16.4. The number of benzene rings is 1. The Kier molecular flexibility index (Phi) is 7.06. The quantitative estimate of drug-likeness (QED) is 0.519. The standard InChI is InChI=1S/C18H26O2/c1-4-6-7-8-11-14(3)16-12-9-10-13-17(16)15(5-2)18(19)20/h5,9-10,12-14H,4,6-8,11H2,1-3H3,(H,19,20). The van der Waals surface area contributed by atoms with Crippen molar-refractivity contribution in [2.75, 3.05) is 0 Å². The summed E-state index contributed by atoms with van der Waals surface area (Å²) in [5, 5.41) is 9.31. The molecular formula is C18H26O2. The van der Waals surface area contributed by atoms with E-state index in [-0.39, 0.29) is 0 Å². The van der Waals surface area contributed by atoms with Crippen LogP contribution < -0.4 is 0 Å². The zero-order valence-corrected chi connectivity index (χ0v) is 12.9. The van der Waals surface area contributed by atoms with E-state index in [1.807, 2.05) is 18.2 Å². The Balaban J connectivity index is 2.87. The predicted octanol–water partition coefficient (Wildman–Crippen LogP) is 5.25. The van der Waals surface area contributed by atoms with Crippen LogP contribution >= 0.6 is 0 Å². The fraction of sp³-hybridized carbons (Fsp3) is 0.500. The molecule has 0 aliphatic rings. The molecule has 2 heteroatoms. The van der Waals surface area contributed by atoms with E-state index in [1.165, 1.54) is 25.7 Å². The van der Waals surface area contributed by atoms with E-state index in [4.69, 9.17) is 0 Å². The lowest BCUT2D eigenvalue weighted by Crippen LogP contribution is -2.05. The molecule has 1 atom stereocenters. The Bertz CT molecular complexity index is 460. The van der Waals surface area contributed by atoms with Gasteiger partial charge in [-0.05, 0) is 30.4 Å². The average molecular weight is 274 g/mol. The molecule has 20 heavy (non-hydrogen) atoms. The molecule has 2 nitrogen and oxygen atoms in total. The van der Waals surface area contributed by atoms with Gasteiger partial charge in [0.05, 0.1) is 5.57 Å². The first kappa shape index (κ1) is 16.5. The summed E-state index contributed by atoms with van der Waals surface area (Å²) in [6.45, 7) is 6.19. The maximum atomic E-state index is 11.3. The molecule has 1 aromatic rings. The lowest BCUT2D eigenvalue weighted by molar-refractivity contribution is -0.130. The largest absolute Gasteiger partial charge is 0.478 e. The van der Waals surface area contributed by atoms with Gasteiger partial charge in [-0.1, -0.05) is 69.9 Å². The number of unbranched alkanes of at least 4 members (excludes halogenated alkanes) is 3. The fourth-order valence-electron chi connectivity index (χ4n) is 2.60. The summed E-state index contributed by atoms with van der Waals surface area (Å²) in [6.07, 6.45) is 7.80. The Morgan fingerprint density at radius 1 is 1.25 bits per heavy atom. The van der Waals surface area contributed by atoms with Gasteiger partial charge < -0.3 is 5.11 Å². The maximum absolute atomic E-state index is 11.3. The van der Waals surface area contributed by atoms with Crippen molar-refractivity contribution in [3.8, 4) is 0 Å². The second kappa shape index (κ2) is 8.57. The molecule has 1 aromatic carbocycles. The summed E-state index contributed by atoms with van der Waals surface area (Å²) < 4.78 is 0. The van der Waals surface area contributed by atoms with Crippen molar-refractivity contribution in [2.45, 2.75) is 58.8 Å². The Morgan fingerprint density at radius 2 is 1.95 bits per heavy atom. The van der Waals surface area contributed by atoms with Crippen molar-refractivity contribution >= 4 is 11.5 Å². The van der Waals surface area contributed by atoms with E-state index < -0.39 is 5.97 Å². The molecule has 0 heterocycles. The van der Waals surface area contributed by atoms with Gasteiger partial charge >= 0.3 is 5.97 Å². The van der Waals surface area contributed by atoms with Crippen LogP contribution in [0.2, 0.25) is 0 Å². The molecule has 0 amide bonds. The van der Waals surface area contributed by atoms with Gasteiger partial charge in [0.15, 0.2) is 0 Å². The van der Waals surface area contributed by atoms with Crippen LogP contribution in [-0.4, -0.2) is 11.1 Å². The molecule has 1 unspecified atom stereocenters. The number of allylic oxidation sites excluding steroid dienone is 1. The van der Waals surface area contributed by atoms with Crippen LogP contribution in [0, 0.1) is 0 Å². The van der Waals surface area contributed by atoms with Gasteiger partial charge in [0.25, 0.3) is 0 Å². The minimum atomic E-state index is -0.849. The monoisotopic (exact) mass is 274 g/mol. The van der Waals surface area contributed by atoms with Crippen molar-refractivity contribution in [2.24, 2.45) is 0 Å². The van der Waals surface area contributed by atoms with E-state index in [0.29, 0.717) is 11.5 Å². The van der Waals surface area contributed by atoms with E-state index in [0.717, 1.165) is 17.5 Å². The third-order valence-electron chi connectivity index (χ3n) is 3.79. The summed E-state index contributed by atoms with van der Waals surface area (Å²) in [6, 6.07) is 7.89. The average Bonchev–Trinajstić information content (AvgIpc) is 2.44. The Hall–Kier alpha value is -1.57. The SMILES string of the molecule is CC=C(C(=O)O)c1ccccc1C(C)CCCCCC. The Labute approximate surface area is 122 Å². The first-order chi connectivity index (χ1) is 9.61. The minimum Gasteiger partial charge on any atom is -0.478 e. The van der Waals surface area contributed by atoms with E-state index in [9.17, 15) is 9.90 Å². The molecule has 1 N–H and O–H groups in total. The van der Waals surface area contributed by atoms with Crippen molar-refractivity contribution < 1.29 is 9.90 Å². The van der Waals surface area contributed by atoms with Crippen LogP contribution in [0.4, 0.5) is 0 Å². The van der Waals surface area contributed by atoms with Crippen LogP contribution in [0.15, 0.2) is 30.3 Å². The molecule has 0 saturated heterocycles. The zero-order valence-electron chi connectivity index (χ0n) is 12.9. The van der Waals surface area contributed by atoms with Gasteiger partial charge in [-0.2, -0.15) is 0 Å². The van der Waals surface area contributed by atoms with E-state index >= 15 is 0 Å². The highest BCUT2D eigenvalue weighted by molar-refractivity contribution is 6.15. The van der Waals surface area contributed by atoms with Gasteiger partial charge in [-0.15, -0.1) is 0 Å².